The van der Waals surface area contributed by atoms with Crippen LogP contribution in [0.15, 0.2) is 11.6 Å². The first-order chi connectivity index (χ1) is 32.6. The molecule has 0 radical (unpaired) electrons. The van der Waals surface area contributed by atoms with Crippen LogP contribution < -0.4 is 0 Å². The van der Waals surface area contributed by atoms with Crippen LogP contribution in [-0.4, -0.2) is 124 Å². The Morgan fingerprint density at radius 3 is 2.10 bits per heavy atom. The Morgan fingerprint density at radius 2 is 1.43 bits per heavy atom. The summed E-state index contributed by atoms with van der Waals surface area (Å²) in [6.07, 6.45) is 13.9. The molecule has 21 atom stereocenters. The van der Waals surface area contributed by atoms with Crippen molar-refractivity contribution >= 4 is 5.97 Å². The number of aliphatic hydroxyl groups is 5. The van der Waals surface area contributed by atoms with Gasteiger partial charge in [0.15, 0.2) is 18.4 Å². The maximum atomic E-state index is 12.9. The molecule has 8 rings (SSSR count). The molecule has 1 spiro atoms. The van der Waals surface area contributed by atoms with Crippen LogP contribution in [0.1, 0.15) is 189 Å². The van der Waals surface area contributed by atoms with Crippen molar-refractivity contribution in [3.63, 3.8) is 0 Å². The smallest absolute Gasteiger partial charge is 0.305 e. The minimum absolute atomic E-state index is 0.0221. The van der Waals surface area contributed by atoms with Gasteiger partial charge in [0.05, 0.1) is 24.9 Å². The summed E-state index contributed by atoms with van der Waals surface area (Å²) in [5.74, 6) is 2.42. The summed E-state index contributed by atoms with van der Waals surface area (Å²) >= 11 is 0. The van der Waals surface area contributed by atoms with Crippen molar-refractivity contribution in [1.29, 1.82) is 0 Å². The van der Waals surface area contributed by atoms with E-state index in [4.69, 9.17) is 33.2 Å². The Labute approximate surface area is 408 Å². The molecule has 8 aliphatic rings. The van der Waals surface area contributed by atoms with E-state index in [1.807, 2.05) is 0 Å². The molecule has 4 heterocycles. The predicted molar refractivity (Wildman–Crippen MR) is 256 cm³/mol. The van der Waals surface area contributed by atoms with Gasteiger partial charge in [-0.1, -0.05) is 123 Å². The molecular weight excluding hydrogens is 869 g/mol. The van der Waals surface area contributed by atoms with Crippen molar-refractivity contribution in [2.24, 2.45) is 46.3 Å². The Morgan fingerprint density at radius 1 is 0.735 bits per heavy atom. The Hall–Kier alpha value is -1.23. The van der Waals surface area contributed by atoms with Gasteiger partial charge >= 0.3 is 5.97 Å². The van der Waals surface area contributed by atoms with Crippen LogP contribution in [0.2, 0.25) is 0 Å². The molecule has 390 valence electrons. The third-order valence-corrected chi connectivity index (χ3v) is 19.3. The fourth-order valence-electron chi connectivity index (χ4n) is 15.1. The fourth-order valence-corrected chi connectivity index (χ4v) is 15.1. The molecule has 0 aromatic carbocycles. The molecule has 4 saturated heterocycles. The maximum Gasteiger partial charge on any atom is 0.305 e. The van der Waals surface area contributed by atoms with E-state index >= 15 is 0 Å². The van der Waals surface area contributed by atoms with Crippen LogP contribution in [0.4, 0.5) is 0 Å². The standard InChI is InChI=1S/C55H92O13/c1-7-8-9-10-11-12-13-14-15-16-17-18-19-20-43(56)62-32-42-46(58)48(60)50(67-51-49(61)47(59)45(57)35(4)64-51)52(66-42)65-37-24-26-53(5)36(29-37)21-22-38-39(53)25-27-54(6)40(38)30-41-44(54)34(3)55(68-41)28-23-33(2)31-63-55/h21,33-35,37-42,44-52,57-61H,7-20,22-32H2,1-6H3/t33?,34-,35?,37-,38+,39-,40?,41-,42+,44?,45?,46+,47+,48+,49+,50+,51?,52+,53-,54-,55+/m0/s1. The number of carbonyl (C=O) groups is 1. The molecule has 4 aliphatic carbocycles. The topological polar surface area (TPSA) is 183 Å². The molecule has 0 aromatic heterocycles. The minimum Gasteiger partial charge on any atom is -0.463 e. The summed E-state index contributed by atoms with van der Waals surface area (Å²) in [5, 5.41) is 54.9. The number of esters is 1. The predicted octanol–water partition coefficient (Wildman–Crippen LogP) is 8.42. The molecule has 6 unspecified atom stereocenters. The van der Waals surface area contributed by atoms with Gasteiger partial charge in [-0.3, -0.25) is 4.79 Å². The first-order valence-corrected chi connectivity index (χ1v) is 27.8. The second kappa shape index (κ2) is 22.9. The maximum absolute atomic E-state index is 12.9. The number of hydrogen-bond acceptors (Lipinski definition) is 13. The van der Waals surface area contributed by atoms with E-state index < -0.39 is 67.2 Å². The van der Waals surface area contributed by atoms with Crippen molar-refractivity contribution in [3.05, 3.63) is 11.6 Å². The fraction of sp³-hybridized carbons (Fsp3) is 0.945. The second-order valence-electron chi connectivity index (χ2n) is 23.8. The zero-order chi connectivity index (χ0) is 48.4. The van der Waals surface area contributed by atoms with Gasteiger partial charge < -0.3 is 58.7 Å². The van der Waals surface area contributed by atoms with Gasteiger partial charge in [0, 0.05) is 18.8 Å². The number of ether oxygens (including phenoxy) is 7. The molecule has 4 aliphatic heterocycles. The summed E-state index contributed by atoms with van der Waals surface area (Å²) < 4.78 is 44.3. The first kappa shape index (κ1) is 53.1. The lowest BCUT2D eigenvalue weighted by Gasteiger charge is -2.58. The van der Waals surface area contributed by atoms with E-state index in [-0.39, 0.29) is 42.0 Å². The lowest BCUT2D eigenvalue weighted by Crippen LogP contribution is -2.64. The van der Waals surface area contributed by atoms with Crippen LogP contribution >= 0.6 is 0 Å². The van der Waals surface area contributed by atoms with E-state index in [0.717, 1.165) is 64.4 Å². The average molecular weight is 961 g/mol. The zero-order valence-corrected chi connectivity index (χ0v) is 42.6. The van der Waals surface area contributed by atoms with Crippen LogP contribution in [0.5, 0.6) is 0 Å². The number of carbonyl (C=O) groups excluding carboxylic acids is 1. The van der Waals surface area contributed by atoms with E-state index in [9.17, 15) is 30.3 Å². The quantitative estimate of drug-likeness (QED) is 0.0446. The zero-order valence-electron chi connectivity index (χ0n) is 42.6. The highest BCUT2D eigenvalue weighted by molar-refractivity contribution is 5.69. The number of aliphatic hydroxyl groups excluding tert-OH is 5. The lowest BCUT2D eigenvalue weighted by atomic mass is 9.47. The van der Waals surface area contributed by atoms with Crippen LogP contribution in [0.25, 0.3) is 0 Å². The van der Waals surface area contributed by atoms with E-state index in [1.54, 1.807) is 6.92 Å². The van der Waals surface area contributed by atoms with Crippen LogP contribution in [-0.2, 0) is 38.0 Å². The van der Waals surface area contributed by atoms with Crippen molar-refractivity contribution in [1.82, 2.24) is 0 Å². The van der Waals surface area contributed by atoms with Crippen molar-refractivity contribution in [3.8, 4) is 0 Å². The van der Waals surface area contributed by atoms with Crippen LogP contribution in [0.3, 0.4) is 0 Å². The Balaban J connectivity index is 0.864. The SMILES string of the molecule is CCCCCCCCCCCCCCCC(=O)OC[C@H]1O[C@@H](O[C@H]2CC[C@@]3(C)C(=CC[C@H]4C5C[C@@H]6O[C@]7(CCC(C)CO7)[C@@H](C)C6[C@@]5(C)CC[C@@H]43)C2)[C@H](OC2OC(C)C(O)[C@@H](O)[C@H]2O)[C@H](O)[C@@H]1O. The van der Waals surface area contributed by atoms with E-state index in [1.165, 1.54) is 82.6 Å². The Kier molecular flexibility index (Phi) is 17.9. The molecule has 68 heavy (non-hydrogen) atoms. The number of fused-ring (bicyclic) bond motifs is 7. The molecule has 13 heteroatoms. The molecule has 0 aromatic rings. The third kappa shape index (κ3) is 11.0. The van der Waals surface area contributed by atoms with Crippen LogP contribution in [0, 0.1) is 46.3 Å². The Bertz CT molecular complexity index is 1650. The summed E-state index contributed by atoms with van der Waals surface area (Å²) in [7, 11) is 0. The molecule has 7 fully saturated rings. The molecule has 3 saturated carbocycles. The summed E-state index contributed by atoms with van der Waals surface area (Å²) in [5.41, 5.74) is 1.64. The third-order valence-electron chi connectivity index (χ3n) is 19.3. The number of allylic oxidation sites excluding steroid dienone is 1. The summed E-state index contributed by atoms with van der Waals surface area (Å²) in [6, 6.07) is 0. The average Bonchev–Trinajstić information content (AvgIpc) is 3.77. The minimum atomic E-state index is -1.64. The van der Waals surface area contributed by atoms with E-state index in [0.29, 0.717) is 41.9 Å². The monoisotopic (exact) mass is 961 g/mol. The second-order valence-corrected chi connectivity index (χ2v) is 23.8. The first-order valence-electron chi connectivity index (χ1n) is 27.8. The van der Waals surface area contributed by atoms with Crippen molar-refractivity contribution < 1.29 is 63.5 Å². The largest absolute Gasteiger partial charge is 0.463 e. The van der Waals surface area contributed by atoms with Gasteiger partial charge in [-0.25, -0.2) is 0 Å². The summed E-state index contributed by atoms with van der Waals surface area (Å²) in [4.78, 5) is 12.9. The molecule has 0 bridgehead atoms. The number of rotatable bonds is 20. The van der Waals surface area contributed by atoms with Gasteiger partial charge in [0.2, 0.25) is 0 Å². The van der Waals surface area contributed by atoms with Gasteiger partial charge in [0.25, 0.3) is 0 Å². The number of hydrogen-bond donors (Lipinski definition) is 5. The van der Waals surface area contributed by atoms with E-state index in [2.05, 4.69) is 40.7 Å². The van der Waals surface area contributed by atoms with Gasteiger partial charge in [0.1, 0.15) is 49.3 Å². The molecule has 13 nitrogen and oxygen atoms in total. The van der Waals surface area contributed by atoms with Gasteiger partial charge in [-0.05, 0) is 105 Å². The number of unbranched alkanes of at least 4 members (excludes halogenated alkanes) is 12. The lowest BCUT2D eigenvalue weighted by molar-refractivity contribution is -0.369. The van der Waals surface area contributed by atoms with Gasteiger partial charge in [-0.15, -0.1) is 0 Å². The van der Waals surface area contributed by atoms with Gasteiger partial charge in [-0.2, -0.15) is 0 Å². The molecule has 5 N–H and O–H groups in total. The highest BCUT2D eigenvalue weighted by Crippen LogP contribution is 2.70. The molecular formula is C55H92O13. The normalized spacial score (nSPS) is 46.7. The van der Waals surface area contributed by atoms with Crippen molar-refractivity contribution in [2.45, 2.75) is 269 Å². The molecule has 0 amide bonds. The van der Waals surface area contributed by atoms with Crippen molar-refractivity contribution in [2.75, 3.05) is 13.2 Å². The highest BCUT2D eigenvalue weighted by atomic mass is 16.8. The summed E-state index contributed by atoms with van der Waals surface area (Å²) in [6.45, 7) is 14.0. The highest BCUT2D eigenvalue weighted by Gasteiger charge is 2.69.